The predicted molar refractivity (Wildman–Crippen MR) is 67.2 cm³/mol. The molecule has 0 spiro atoms. The normalized spacial score (nSPS) is 17.1. The highest BCUT2D eigenvalue weighted by atomic mass is 16.3. The van der Waals surface area contributed by atoms with E-state index in [1.165, 1.54) is 0 Å². The number of aliphatic hydroxyl groups excluding tert-OH is 1. The number of nitrogens with zero attached hydrogens (tertiary/aromatic N) is 3. The minimum absolute atomic E-state index is 0.175. The zero-order valence-electron chi connectivity index (χ0n) is 9.99. The summed E-state index contributed by atoms with van der Waals surface area (Å²) < 4.78 is 5.03. The molecule has 0 bridgehead atoms. The van der Waals surface area contributed by atoms with Gasteiger partial charge in [-0.05, 0) is 18.9 Å². The van der Waals surface area contributed by atoms with Gasteiger partial charge in [0, 0.05) is 36.6 Å². The molecule has 94 valence electrons. The molecular weight excluding hydrogens is 230 g/mol. The largest absolute Gasteiger partial charge is 0.472 e. The third-order valence-corrected chi connectivity index (χ3v) is 3.24. The molecule has 1 aliphatic rings. The van der Waals surface area contributed by atoms with E-state index >= 15 is 0 Å². The Balaban J connectivity index is 1.75. The van der Waals surface area contributed by atoms with Gasteiger partial charge in [-0.15, -0.1) is 0 Å². The third-order valence-electron chi connectivity index (χ3n) is 3.24. The van der Waals surface area contributed by atoms with Crippen LogP contribution in [0.1, 0.15) is 12.8 Å². The van der Waals surface area contributed by atoms with Crippen LogP contribution >= 0.6 is 0 Å². The van der Waals surface area contributed by atoms with E-state index in [1.54, 1.807) is 24.9 Å². The van der Waals surface area contributed by atoms with Gasteiger partial charge in [-0.25, -0.2) is 9.97 Å². The maximum absolute atomic E-state index is 9.47. The lowest BCUT2D eigenvalue weighted by atomic mass is 10.1. The summed E-state index contributed by atoms with van der Waals surface area (Å²) in [6.07, 6.45) is 8.31. The molecule has 0 saturated carbocycles. The molecule has 18 heavy (non-hydrogen) atoms. The van der Waals surface area contributed by atoms with Crippen molar-refractivity contribution in [3.63, 3.8) is 0 Å². The standard InChI is InChI=1S/C13H15N3O2/c17-12-1-4-16(5-2-12)13-14-7-11(8-15-13)10-3-6-18-9-10/h3,6-9,12,17H,1-2,4-5H2. The first-order chi connectivity index (χ1) is 8.83. The summed E-state index contributed by atoms with van der Waals surface area (Å²) in [6.45, 7) is 1.62. The fourth-order valence-electron chi connectivity index (χ4n) is 2.13. The first-order valence-corrected chi connectivity index (χ1v) is 6.10. The fraction of sp³-hybridized carbons (Fsp3) is 0.385. The molecule has 1 fully saturated rings. The first-order valence-electron chi connectivity index (χ1n) is 6.10. The summed E-state index contributed by atoms with van der Waals surface area (Å²) in [5.41, 5.74) is 1.93. The van der Waals surface area contributed by atoms with E-state index in [4.69, 9.17) is 4.42 Å². The van der Waals surface area contributed by atoms with Crippen molar-refractivity contribution in [1.82, 2.24) is 9.97 Å². The first kappa shape index (κ1) is 11.2. The molecule has 2 aromatic heterocycles. The molecular formula is C13H15N3O2. The summed E-state index contributed by atoms with van der Waals surface area (Å²) in [4.78, 5) is 10.9. The van der Waals surface area contributed by atoms with E-state index < -0.39 is 0 Å². The number of piperidine rings is 1. The van der Waals surface area contributed by atoms with Gasteiger partial charge in [0.2, 0.25) is 5.95 Å². The highest BCUT2D eigenvalue weighted by molar-refractivity contribution is 5.60. The van der Waals surface area contributed by atoms with Crippen molar-refractivity contribution in [2.45, 2.75) is 18.9 Å². The van der Waals surface area contributed by atoms with Gasteiger partial charge in [-0.3, -0.25) is 0 Å². The molecule has 3 rings (SSSR count). The van der Waals surface area contributed by atoms with Crippen LogP contribution in [0.25, 0.3) is 11.1 Å². The number of aliphatic hydroxyl groups is 1. The molecule has 0 radical (unpaired) electrons. The summed E-state index contributed by atoms with van der Waals surface area (Å²) >= 11 is 0. The van der Waals surface area contributed by atoms with Gasteiger partial charge in [0.05, 0.1) is 18.6 Å². The van der Waals surface area contributed by atoms with Crippen LogP contribution in [0.15, 0.2) is 35.4 Å². The second-order valence-electron chi connectivity index (χ2n) is 4.50. The average molecular weight is 245 g/mol. The quantitative estimate of drug-likeness (QED) is 0.872. The average Bonchev–Trinajstić information content (AvgIpc) is 2.94. The summed E-state index contributed by atoms with van der Waals surface area (Å²) in [6, 6.07) is 1.88. The summed E-state index contributed by atoms with van der Waals surface area (Å²) in [5.74, 6) is 0.731. The van der Waals surface area contributed by atoms with Crippen molar-refractivity contribution >= 4 is 5.95 Å². The van der Waals surface area contributed by atoms with Crippen molar-refractivity contribution in [3.8, 4) is 11.1 Å². The van der Waals surface area contributed by atoms with E-state index in [0.717, 1.165) is 43.0 Å². The van der Waals surface area contributed by atoms with Crippen LogP contribution < -0.4 is 4.90 Å². The van der Waals surface area contributed by atoms with Crippen LogP contribution in [0.3, 0.4) is 0 Å². The van der Waals surface area contributed by atoms with Gasteiger partial charge in [-0.2, -0.15) is 0 Å². The molecule has 0 amide bonds. The van der Waals surface area contributed by atoms with Crippen LogP contribution in [-0.4, -0.2) is 34.3 Å². The van der Waals surface area contributed by atoms with Gasteiger partial charge in [0.25, 0.3) is 0 Å². The van der Waals surface area contributed by atoms with Crippen LogP contribution in [0.4, 0.5) is 5.95 Å². The van der Waals surface area contributed by atoms with Gasteiger partial charge in [0.1, 0.15) is 0 Å². The SMILES string of the molecule is OC1CCN(c2ncc(-c3ccoc3)cn2)CC1. The minimum atomic E-state index is -0.175. The Morgan fingerprint density at radius 1 is 1.17 bits per heavy atom. The maximum Gasteiger partial charge on any atom is 0.225 e. The van der Waals surface area contributed by atoms with Crippen LogP contribution in [0.2, 0.25) is 0 Å². The number of anilines is 1. The van der Waals surface area contributed by atoms with Crippen molar-refractivity contribution in [3.05, 3.63) is 31.0 Å². The van der Waals surface area contributed by atoms with E-state index in [1.807, 2.05) is 6.07 Å². The molecule has 0 aliphatic carbocycles. The molecule has 1 aliphatic heterocycles. The molecule has 0 atom stereocenters. The Labute approximate surface area is 105 Å². The lowest BCUT2D eigenvalue weighted by Gasteiger charge is -2.29. The number of rotatable bonds is 2. The van der Waals surface area contributed by atoms with Gasteiger partial charge in [0.15, 0.2) is 0 Å². The van der Waals surface area contributed by atoms with Crippen LogP contribution in [-0.2, 0) is 0 Å². The van der Waals surface area contributed by atoms with Gasteiger partial charge >= 0.3 is 0 Å². The zero-order valence-corrected chi connectivity index (χ0v) is 9.99. The number of hydrogen-bond acceptors (Lipinski definition) is 5. The molecule has 5 nitrogen and oxygen atoms in total. The number of furan rings is 1. The molecule has 1 saturated heterocycles. The lowest BCUT2D eigenvalue weighted by molar-refractivity contribution is 0.145. The third kappa shape index (κ3) is 2.22. The Hall–Kier alpha value is -1.88. The van der Waals surface area contributed by atoms with Crippen molar-refractivity contribution in [2.75, 3.05) is 18.0 Å². The zero-order chi connectivity index (χ0) is 12.4. The van der Waals surface area contributed by atoms with E-state index in [9.17, 15) is 5.11 Å². The van der Waals surface area contributed by atoms with E-state index in [0.29, 0.717) is 0 Å². The second-order valence-corrected chi connectivity index (χ2v) is 4.50. The van der Waals surface area contributed by atoms with Gasteiger partial charge in [-0.1, -0.05) is 0 Å². The lowest BCUT2D eigenvalue weighted by Crippen LogP contribution is -2.36. The number of aromatic nitrogens is 2. The smallest absolute Gasteiger partial charge is 0.225 e. The predicted octanol–water partition coefficient (Wildman–Crippen LogP) is 1.70. The Kier molecular flexibility index (Phi) is 2.98. The highest BCUT2D eigenvalue weighted by Crippen LogP contribution is 2.20. The topological polar surface area (TPSA) is 62.4 Å². The second kappa shape index (κ2) is 4.78. The Bertz CT molecular complexity index is 487. The Morgan fingerprint density at radius 3 is 2.50 bits per heavy atom. The molecule has 1 N–H and O–H groups in total. The summed E-state index contributed by atoms with van der Waals surface area (Å²) in [5, 5.41) is 9.47. The van der Waals surface area contributed by atoms with Crippen molar-refractivity contribution < 1.29 is 9.52 Å². The van der Waals surface area contributed by atoms with Crippen molar-refractivity contribution in [2.24, 2.45) is 0 Å². The monoisotopic (exact) mass is 245 g/mol. The molecule has 3 heterocycles. The highest BCUT2D eigenvalue weighted by Gasteiger charge is 2.18. The molecule has 0 aromatic carbocycles. The molecule has 5 heteroatoms. The van der Waals surface area contributed by atoms with Gasteiger partial charge < -0.3 is 14.4 Å². The number of hydrogen-bond donors (Lipinski definition) is 1. The Morgan fingerprint density at radius 2 is 1.89 bits per heavy atom. The van der Waals surface area contributed by atoms with Crippen LogP contribution in [0, 0.1) is 0 Å². The molecule has 0 unspecified atom stereocenters. The van der Waals surface area contributed by atoms with Crippen LogP contribution in [0.5, 0.6) is 0 Å². The summed E-state index contributed by atoms with van der Waals surface area (Å²) in [7, 11) is 0. The minimum Gasteiger partial charge on any atom is -0.472 e. The van der Waals surface area contributed by atoms with E-state index in [-0.39, 0.29) is 6.10 Å². The fourth-order valence-corrected chi connectivity index (χ4v) is 2.13. The maximum atomic E-state index is 9.47. The van der Waals surface area contributed by atoms with Crippen molar-refractivity contribution in [1.29, 1.82) is 0 Å². The molecule has 2 aromatic rings. The van der Waals surface area contributed by atoms with E-state index in [2.05, 4.69) is 14.9 Å².